The van der Waals surface area contributed by atoms with Crippen molar-refractivity contribution in [1.29, 1.82) is 0 Å². The van der Waals surface area contributed by atoms with Crippen LogP contribution in [0, 0.1) is 0 Å². The Labute approximate surface area is 108 Å². The molecule has 0 unspecified atom stereocenters. The number of aromatic carboxylic acids is 1. The molecule has 3 rings (SSSR count). The first-order valence-electron chi connectivity index (χ1n) is 5.80. The average molecular weight is 256 g/mol. The molecule has 1 aromatic carbocycles. The van der Waals surface area contributed by atoms with Gasteiger partial charge in [0.2, 0.25) is 0 Å². The van der Waals surface area contributed by atoms with Crippen molar-refractivity contribution in [3.8, 4) is 0 Å². The van der Waals surface area contributed by atoms with E-state index in [0.29, 0.717) is 12.1 Å². The van der Waals surface area contributed by atoms with Gasteiger partial charge in [0.05, 0.1) is 35.2 Å². The highest BCUT2D eigenvalue weighted by atomic mass is 16.4. The highest BCUT2D eigenvalue weighted by molar-refractivity contribution is 5.92. The van der Waals surface area contributed by atoms with Gasteiger partial charge in [-0.3, -0.25) is 4.68 Å². The Kier molecular flexibility index (Phi) is 2.56. The van der Waals surface area contributed by atoms with E-state index < -0.39 is 5.97 Å². The summed E-state index contributed by atoms with van der Waals surface area (Å²) < 4.78 is 3.69. The van der Waals surface area contributed by atoms with Gasteiger partial charge in [-0.15, -0.1) is 0 Å². The van der Waals surface area contributed by atoms with Crippen molar-refractivity contribution < 1.29 is 9.90 Å². The zero-order valence-electron chi connectivity index (χ0n) is 10.3. The number of imidazole rings is 1. The van der Waals surface area contributed by atoms with Crippen LogP contribution in [-0.4, -0.2) is 30.4 Å². The van der Waals surface area contributed by atoms with Gasteiger partial charge in [-0.2, -0.15) is 5.10 Å². The maximum atomic E-state index is 10.9. The van der Waals surface area contributed by atoms with Gasteiger partial charge in [0.25, 0.3) is 0 Å². The molecule has 0 atom stereocenters. The molecule has 19 heavy (non-hydrogen) atoms. The third-order valence-electron chi connectivity index (χ3n) is 2.97. The zero-order chi connectivity index (χ0) is 13.4. The molecule has 0 amide bonds. The SMILES string of the molecule is Cn1ccc(Cn2cnc3cc(C(=O)O)ccc32)n1. The first-order valence-corrected chi connectivity index (χ1v) is 5.80. The van der Waals surface area contributed by atoms with E-state index >= 15 is 0 Å². The highest BCUT2D eigenvalue weighted by Crippen LogP contribution is 2.16. The van der Waals surface area contributed by atoms with Gasteiger partial charge in [-0.1, -0.05) is 0 Å². The Morgan fingerprint density at radius 3 is 2.89 bits per heavy atom. The number of aromatic nitrogens is 4. The number of carboxylic acid groups (broad SMARTS) is 1. The Morgan fingerprint density at radius 2 is 2.21 bits per heavy atom. The van der Waals surface area contributed by atoms with Crippen LogP contribution < -0.4 is 0 Å². The maximum Gasteiger partial charge on any atom is 0.335 e. The molecular formula is C13H12N4O2. The van der Waals surface area contributed by atoms with Crippen LogP contribution in [0.25, 0.3) is 11.0 Å². The van der Waals surface area contributed by atoms with Crippen molar-refractivity contribution in [1.82, 2.24) is 19.3 Å². The number of nitrogens with zero attached hydrogens (tertiary/aromatic N) is 4. The van der Waals surface area contributed by atoms with E-state index in [4.69, 9.17) is 5.11 Å². The smallest absolute Gasteiger partial charge is 0.335 e. The second-order valence-electron chi connectivity index (χ2n) is 4.36. The predicted molar refractivity (Wildman–Crippen MR) is 69.0 cm³/mol. The number of carbonyl (C=O) groups is 1. The predicted octanol–water partition coefficient (Wildman–Crippen LogP) is 1.52. The number of carboxylic acids is 1. The standard InChI is InChI=1S/C13H12N4O2/c1-16-5-4-10(15-16)7-17-8-14-11-6-9(13(18)19)2-3-12(11)17/h2-6,8H,7H2,1H3,(H,18,19). The second-order valence-corrected chi connectivity index (χ2v) is 4.36. The topological polar surface area (TPSA) is 72.9 Å². The molecule has 0 spiro atoms. The van der Waals surface area contributed by atoms with Crippen LogP contribution in [0.2, 0.25) is 0 Å². The Morgan fingerprint density at radius 1 is 1.37 bits per heavy atom. The first kappa shape index (κ1) is 11.5. The number of hydrogen-bond donors (Lipinski definition) is 1. The summed E-state index contributed by atoms with van der Waals surface area (Å²) in [7, 11) is 1.87. The van der Waals surface area contributed by atoms with Gasteiger partial charge >= 0.3 is 5.97 Å². The third-order valence-corrected chi connectivity index (χ3v) is 2.97. The van der Waals surface area contributed by atoms with E-state index in [1.165, 1.54) is 0 Å². The molecule has 1 N–H and O–H groups in total. The summed E-state index contributed by atoms with van der Waals surface area (Å²) >= 11 is 0. The van der Waals surface area contributed by atoms with Crippen molar-refractivity contribution in [3.63, 3.8) is 0 Å². The van der Waals surface area contributed by atoms with Crippen molar-refractivity contribution in [2.45, 2.75) is 6.54 Å². The van der Waals surface area contributed by atoms with E-state index in [9.17, 15) is 4.79 Å². The monoisotopic (exact) mass is 256 g/mol. The summed E-state index contributed by atoms with van der Waals surface area (Å²) in [6.07, 6.45) is 3.59. The van der Waals surface area contributed by atoms with Crippen LogP contribution in [0.5, 0.6) is 0 Å². The fourth-order valence-electron chi connectivity index (χ4n) is 2.04. The summed E-state index contributed by atoms with van der Waals surface area (Å²) in [5.74, 6) is -0.943. The fourth-order valence-corrected chi connectivity index (χ4v) is 2.04. The van der Waals surface area contributed by atoms with E-state index in [2.05, 4.69) is 10.1 Å². The minimum atomic E-state index is -0.943. The van der Waals surface area contributed by atoms with Crippen molar-refractivity contribution >= 4 is 17.0 Å². The van der Waals surface area contributed by atoms with E-state index in [1.807, 2.05) is 23.9 Å². The fraction of sp³-hybridized carbons (Fsp3) is 0.154. The van der Waals surface area contributed by atoms with Gasteiger partial charge in [0.1, 0.15) is 0 Å². The number of aryl methyl sites for hydroxylation is 1. The summed E-state index contributed by atoms with van der Waals surface area (Å²) in [5, 5.41) is 13.3. The van der Waals surface area contributed by atoms with Crippen molar-refractivity contribution in [3.05, 3.63) is 48.0 Å². The van der Waals surface area contributed by atoms with Gasteiger partial charge in [-0.25, -0.2) is 9.78 Å². The molecule has 0 aliphatic heterocycles. The molecule has 3 aromatic rings. The average Bonchev–Trinajstić information content (AvgIpc) is 2.96. The van der Waals surface area contributed by atoms with E-state index in [0.717, 1.165) is 11.2 Å². The van der Waals surface area contributed by atoms with Gasteiger partial charge in [-0.05, 0) is 24.3 Å². The van der Waals surface area contributed by atoms with Gasteiger partial charge in [0.15, 0.2) is 0 Å². The van der Waals surface area contributed by atoms with E-state index in [1.54, 1.807) is 29.2 Å². The van der Waals surface area contributed by atoms with Crippen molar-refractivity contribution in [2.75, 3.05) is 0 Å². The maximum absolute atomic E-state index is 10.9. The molecule has 0 saturated heterocycles. The van der Waals surface area contributed by atoms with Crippen LogP contribution in [0.15, 0.2) is 36.8 Å². The van der Waals surface area contributed by atoms with Crippen molar-refractivity contribution in [2.24, 2.45) is 7.05 Å². The van der Waals surface area contributed by atoms with E-state index in [-0.39, 0.29) is 5.56 Å². The number of rotatable bonds is 3. The summed E-state index contributed by atoms with van der Waals surface area (Å²) in [6.45, 7) is 0.615. The Bertz CT molecular complexity index is 757. The summed E-state index contributed by atoms with van der Waals surface area (Å²) in [6, 6.07) is 6.88. The lowest BCUT2D eigenvalue weighted by atomic mass is 10.2. The molecule has 2 heterocycles. The minimum absolute atomic E-state index is 0.246. The molecule has 0 aliphatic rings. The molecule has 0 aliphatic carbocycles. The molecule has 0 saturated carbocycles. The third kappa shape index (κ3) is 2.08. The van der Waals surface area contributed by atoms with Crippen LogP contribution in [0.3, 0.4) is 0 Å². The number of benzene rings is 1. The quantitative estimate of drug-likeness (QED) is 0.771. The summed E-state index contributed by atoms with van der Waals surface area (Å²) in [5.41, 5.74) is 2.76. The van der Waals surface area contributed by atoms with Gasteiger partial charge in [0, 0.05) is 13.2 Å². The highest BCUT2D eigenvalue weighted by Gasteiger charge is 2.08. The Hall–Kier alpha value is -2.63. The largest absolute Gasteiger partial charge is 0.478 e. The van der Waals surface area contributed by atoms with Gasteiger partial charge < -0.3 is 9.67 Å². The molecular weight excluding hydrogens is 244 g/mol. The normalized spacial score (nSPS) is 11.0. The van der Waals surface area contributed by atoms with Crippen LogP contribution in [-0.2, 0) is 13.6 Å². The van der Waals surface area contributed by atoms with Crippen LogP contribution in [0.4, 0.5) is 0 Å². The minimum Gasteiger partial charge on any atom is -0.478 e. The summed E-state index contributed by atoms with van der Waals surface area (Å²) in [4.78, 5) is 15.1. The number of fused-ring (bicyclic) bond motifs is 1. The lowest BCUT2D eigenvalue weighted by molar-refractivity contribution is 0.0697. The van der Waals surface area contributed by atoms with Crippen LogP contribution >= 0.6 is 0 Å². The molecule has 6 nitrogen and oxygen atoms in total. The molecule has 2 aromatic heterocycles. The number of hydrogen-bond acceptors (Lipinski definition) is 3. The molecule has 0 fully saturated rings. The molecule has 0 radical (unpaired) electrons. The molecule has 6 heteroatoms. The first-order chi connectivity index (χ1) is 9.13. The second kappa shape index (κ2) is 4.24. The lowest BCUT2D eigenvalue weighted by Gasteiger charge is -2.01. The van der Waals surface area contributed by atoms with Crippen LogP contribution in [0.1, 0.15) is 16.1 Å². The zero-order valence-corrected chi connectivity index (χ0v) is 10.3. The molecule has 0 bridgehead atoms. The molecule has 96 valence electrons. The Balaban J connectivity index is 1.99. The lowest BCUT2D eigenvalue weighted by Crippen LogP contribution is -2.00.